The van der Waals surface area contributed by atoms with Gasteiger partial charge in [-0.2, -0.15) is 0 Å². The van der Waals surface area contributed by atoms with E-state index in [1.165, 1.54) is 70.3 Å². The first-order valence-corrected chi connectivity index (χ1v) is 14.3. The molecule has 1 atom stereocenters. The van der Waals surface area contributed by atoms with Crippen molar-refractivity contribution in [2.75, 3.05) is 0 Å². The molecule has 2 aromatic carbocycles. The van der Waals surface area contributed by atoms with Crippen LogP contribution in [-0.4, -0.2) is 22.2 Å². The van der Waals surface area contributed by atoms with Crippen LogP contribution in [0.2, 0.25) is 0 Å². The molecule has 1 heterocycles. The maximum Gasteiger partial charge on any atom is 0.258 e. The fourth-order valence-electron chi connectivity index (χ4n) is 4.93. The number of hydrogen-bond acceptors (Lipinski definition) is 5. The summed E-state index contributed by atoms with van der Waals surface area (Å²) in [6.07, 6.45) is 17.9. The molecule has 0 spiro atoms. The third-order valence-corrected chi connectivity index (χ3v) is 7.18. The molecule has 0 saturated carbocycles. The zero-order valence-electron chi connectivity index (χ0n) is 22.7. The van der Waals surface area contributed by atoms with Crippen LogP contribution >= 0.6 is 0 Å². The van der Waals surface area contributed by atoms with Crippen LogP contribution in [0, 0.1) is 0 Å². The lowest BCUT2D eigenvalue weighted by Gasteiger charge is -2.19. The summed E-state index contributed by atoms with van der Waals surface area (Å²) in [5, 5.41) is 22.5. The van der Waals surface area contributed by atoms with Crippen molar-refractivity contribution >= 4 is 16.9 Å². The van der Waals surface area contributed by atoms with E-state index in [2.05, 4.69) is 12.2 Å². The lowest BCUT2D eigenvalue weighted by atomic mass is 9.99. The number of amides is 1. The number of hydrogen-bond donors (Lipinski definition) is 3. The van der Waals surface area contributed by atoms with Crippen LogP contribution in [0.5, 0.6) is 11.5 Å². The standard InChI is InChI=1S/C32H43NO5/c1-2-3-4-5-6-7-8-9-10-11-12-16-19-25(20-24-17-14-13-15-18-24)33-32(37)27-23-38-30-22-29(35)28(34)21-26(30)31(27)36/h13-15,17-18,21-23,25,34-35H,2-12,16,19-20H2,1H3,(H,33,37). The largest absolute Gasteiger partial charge is 0.504 e. The number of phenolic OH excluding ortho intramolecular Hbond substituents is 2. The van der Waals surface area contributed by atoms with Crippen molar-refractivity contribution in [2.24, 2.45) is 0 Å². The van der Waals surface area contributed by atoms with Gasteiger partial charge in [0.2, 0.25) is 5.43 Å². The van der Waals surface area contributed by atoms with Gasteiger partial charge >= 0.3 is 0 Å². The molecule has 206 valence electrons. The van der Waals surface area contributed by atoms with Crippen molar-refractivity contribution in [1.82, 2.24) is 5.32 Å². The number of aromatic hydroxyl groups is 2. The van der Waals surface area contributed by atoms with Gasteiger partial charge in [0.05, 0.1) is 5.39 Å². The van der Waals surface area contributed by atoms with Crippen LogP contribution in [-0.2, 0) is 6.42 Å². The van der Waals surface area contributed by atoms with Crippen LogP contribution in [0.1, 0.15) is 106 Å². The molecule has 1 amide bonds. The molecule has 0 aliphatic rings. The van der Waals surface area contributed by atoms with Crippen molar-refractivity contribution in [1.29, 1.82) is 0 Å². The molecular formula is C32H43NO5. The van der Waals surface area contributed by atoms with E-state index in [1.54, 1.807) is 0 Å². The number of carbonyl (C=O) groups is 1. The third-order valence-electron chi connectivity index (χ3n) is 7.18. The SMILES string of the molecule is CCCCCCCCCCCCCCC(Cc1ccccc1)NC(=O)c1coc2cc(O)c(O)cc2c1=O. The lowest BCUT2D eigenvalue weighted by molar-refractivity contribution is 0.0931. The van der Waals surface area contributed by atoms with Gasteiger partial charge in [0.15, 0.2) is 11.5 Å². The summed E-state index contributed by atoms with van der Waals surface area (Å²) in [4.78, 5) is 26.0. The highest BCUT2D eigenvalue weighted by molar-refractivity contribution is 5.97. The molecule has 3 N–H and O–H groups in total. The predicted octanol–water partition coefficient (Wildman–Crippen LogP) is 7.64. The number of carbonyl (C=O) groups excluding carboxylic acids is 1. The maximum atomic E-state index is 13.1. The summed E-state index contributed by atoms with van der Waals surface area (Å²) >= 11 is 0. The Labute approximate surface area is 226 Å². The van der Waals surface area contributed by atoms with Gasteiger partial charge in [-0.25, -0.2) is 0 Å². The highest BCUT2D eigenvalue weighted by Gasteiger charge is 2.20. The molecule has 0 saturated heterocycles. The predicted molar refractivity (Wildman–Crippen MR) is 153 cm³/mol. The Kier molecular flexibility index (Phi) is 12.2. The summed E-state index contributed by atoms with van der Waals surface area (Å²) in [6.45, 7) is 2.25. The van der Waals surface area contributed by atoms with E-state index >= 15 is 0 Å². The summed E-state index contributed by atoms with van der Waals surface area (Å²) in [7, 11) is 0. The molecular weight excluding hydrogens is 478 g/mol. The Bertz CT molecular complexity index is 1190. The zero-order valence-corrected chi connectivity index (χ0v) is 22.7. The zero-order chi connectivity index (χ0) is 27.2. The molecule has 0 fully saturated rings. The summed E-state index contributed by atoms with van der Waals surface area (Å²) in [5.41, 5.74) is 0.583. The Balaban J connectivity index is 1.51. The van der Waals surface area contributed by atoms with E-state index in [1.807, 2.05) is 30.3 Å². The minimum absolute atomic E-state index is 0.0496. The highest BCUT2D eigenvalue weighted by Crippen LogP contribution is 2.28. The van der Waals surface area contributed by atoms with Gasteiger partial charge < -0.3 is 19.9 Å². The summed E-state index contributed by atoms with van der Waals surface area (Å²) in [6, 6.07) is 12.2. The van der Waals surface area contributed by atoms with Gasteiger partial charge in [0, 0.05) is 12.1 Å². The van der Waals surface area contributed by atoms with Crippen molar-refractivity contribution in [3.05, 3.63) is 70.1 Å². The van der Waals surface area contributed by atoms with Gasteiger partial charge in [-0.05, 0) is 24.5 Å². The van der Waals surface area contributed by atoms with E-state index in [4.69, 9.17) is 4.42 Å². The van der Waals surface area contributed by atoms with Gasteiger partial charge in [0.25, 0.3) is 5.91 Å². The summed E-state index contributed by atoms with van der Waals surface area (Å²) < 4.78 is 5.43. The Hall–Kier alpha value is -3.28. The molecule has 3 rings (SSSR count). The average Bonchev–Trinajstić information content (AvgIpc) is 2.91. The highest BCUT2D eigenvalue weighted by atomic mass is 16.3. The van der Waals surface area contributed by atoms with E-state index < -0.39 is 17.1 Å². The van der Waals surface area contributed by atoms with Crippen LogP contribution in [0.25, 0.3) is 11.0 Å². The minimum atomic E-state index is -0.539. The third kappa shape index (κ3) is 9.23. The second-order valence-electron chi connectivity index (χ2n) is 10.4. The topological polar surface area (TPSA) is 99.8 Å². The summed E-state index contributed by atoms with van der Waals surface area (Å²) in [5.74, 6) is -1.31. The monoisotopic (exact) mass is 521 g/mol. The van der Waals surface area contributed by atoms with E-state index in [-0.39, 0.29) is 28.3 Å². The molecule has 0 aliphatic carbocycles. The normalized spacial score (nSPS) is 12.0. The van der Waals surface area contributed by atoms with Crippen molar-refractivity contribution in [2.45, 2.75) is 103 Å². The molecule has 0 aliphatic heterocycles. The van der Waals surface area contributed by atoms with Gasteiger partial charge in [0.1, 0.15) is 17.4 Å². The van der Waals surface area contributed by atoms with Crippen LogP contribution in [0.4, 0.5) is 0 Å². The maximum absolute atomic E-state index is 13.1. The second kappa shape index (κ2) is 15.9. The first kappa shape index (κ1) is 29.3. The molecule has 38 heavy (non-hydrogen) atoms. The fourth-order valence-corrected chi connectivity index (χ4v) is 4.93. The lowest BCUT2D eigenvalue weighted by Crippen LogP contribution is -2.38. The number of benzene rings is 2. The second-order valence-corrected chi connectivity index (χ2v) is 10.4. The average molecular weight is 522 g/mol. The quantitative estimate of drug-likeness (QED) is 0.125. The molecule has 0 bridgehead atoms. The Morgan fingerprint density at radius 2 is 1.42 bits per heavy atom. The molecule has 3 aromatic rings. The van der Waals surface area contributed by atoms with Crippen molar-refractivity contribution in [3.8, 4) is 11.5 Å². The van der Waals surface area contributed by atoms with Crippen molar-refractivity contribution in [3.63, 3.8) is 0 Å². The molecule has 0 radical (unpaired) electrons. The first-order chi connectivity index (χ1) is 18.5. The number of fused-ring (bicyclic) bond motifs is 1. The number of nitrogens with one attached hydrogen (secondary N) is 1. The van der Waals surface area contributed by atoms with E-state index in [9.17, 15) is 19.8 Å². The van der Waals surface area contributed by atoms with E-state index in [0.29, 0.717) is 6.42 Å². The van der Waals surface area contributed by atoms with Gasteiger partial charge in [-0.1, -0.05) is 114 Å². The first-order valence-electron chi connectivity index (χ1n) is 14.3. The molecule has 1 aromatic heterocycles. The smallest absolute Gasteiger partial charge is 0.258 e. The van der Waals surface area contributed by atoms with Crippen LogP contribution < -0.4 is 10.7 Å². The Morgan fingerprint density at radius 3 is 2.05 bits per heavy atom. The van der Waals surface area contributed by atoms with E-state index in [0.717, 1.165) is 37.2 Å². The molecule has 6 nitrogen and oxygen atoms in total. The minimum Gasteiger partial charge on any atom is -0.504 e. The Morgan fingerprint density at radius 1 is 0.842 bits per heavy atom. The molecule has 6 heteroatoms. The molecule has 1 unspecified atom stereocenters. The fraction of sp³-hybridized carbons (Fsp3) is 0.500. The number of unbranched alkanes of at least 4 members (excludes halogenated alkanes) is 11. The van der Waals surface area contributed by atoms with Crippen LogP contribution in [0.15, 0.2) is 57.9 Å². The number of phenols is 2. The van der Waals surface area contributed by atoms with Crippen LogP contribution in [0.3, 0.4) is 0 Å². The van der Waals surface area contributed by atoms with Crippen molar-refractivity contribution < 1.29 is 19.4 Å². The van der Waals surface area contributed by atoms with Gasteiger partial charge in [-0.3, -0.25) is 9.59 Å². The number of rotatable bonds is 17. The van der Waals surface area contributed by atoms with Gasteiger partial charge in [-0.15, -0.1) is 0 Å².